The summed E-state index contributed by atoms with van der Waals surface area (Å²) in [5.74, 6) is -4.42. The van der Waals surface area contributed by atoms with Crippen LogP contribution >= 0.6 is 11.6 Å². The van der Waals surface area contributed by atoms with E-state index >= 15 is 0 Å². The number of rotatable bonds is 8. The second kappa shape index (κ2) is 10.7. The molecule has 216 valence electrons. The largest absolute Gasteiger partial charge is 0.416 e. The van der Waals surface area contributed by atoms with E-state index < -0.39 is 55.1 Å². The van der Waals surface area contributed by atoms with Crippen molar-refractivity contribution in [2.75, 3.05) is 5.32 Å². The summed E-state index contributed by atoms with van der Waals surface area (Å²) in [6.45, 7) is -1.46. The summed E-state index contributed by atoms with van der Waals surface area (Å²) in [7, 11) is 0. The first-order valence-electron chi connectivity index (χ1n) is 12.0. The zero-order valence-electron chi connectivity index (χ0n) is 20.8. The van der Waals surface area contributed by atoms with E-state index in [0.717, 1.165) is 4.68 Å². The lowest BCUT2D eigenvalue weighted by Crippen LogP contribution is -2.42. The quantitative estimate of drug-likeness (QED) is 0.297. The number of nitrogens with zero attached hydrogens (tertiary/aromatic N) is 7. The minimum atomic E-state index is -4.98. The zero-order chi connectivity index (χ0) is 29.5. The maximum absolute atomic E-state index is 13.2. The van der Waals surface area contributed by atoms with Crippen LogP contribution in [0.5, 0.6) is 0 Å². The number of alkyl halides is 5. The van der Waals surface area contributed by atoms with Crippen molar-refractivity contribution in [1.29, 1.82) is 0 Å². The third-order valence-electron chi connectivity index (χ3n) is 6.35. The third kappa shape index (κ3) is 6.12. The summed E-state index contributed by atoms with van der Waals surface area (Å²) >= 11 is 5.90. The summed E-state index contributed by atoms with van der Waals surface area (Å²) in [6, 6.07) is 7.30. The number of halogens is 6. The molecule has 41 heavy (non-hydrogen) atoms. The standard InChI is InChI=1S/C24H20ClF5N8O3/c25-15-3-1-13(2-4-15)20-35-37(22(41)36(20)10-18(39)24(28,29)30)11-19-32-12-38(34-19)17-9-31-6-5-16(17)33-21(40)14-7-23(26,27)8-14/h1-6,9,12,14,18,39H,7-8,10-11H2,(H,31,33,40)/t18-/m0/s1. The van der Waals surface area contributed by atoms with Gasteiger partial charge < -0.3 is 10.4 Å². The number of carbonyl (C=O) groups is 1. The Kier molecular flexibility index (Phi) is 7.37. The van der Waals surface area contributed by atoms with E-state index in [-0.39, 0.29) is 35.1 Å². The van der Waals surface area contributed by atoms with Gasteiger partial charge in [0.15, 0.2) is 17.8 Å². The number of carbonyl (C=O) groups excluding carboxylic acids is 1. The second-order valence-corrected chi connectivity index (χ2v) is 9.82. The Labute approximate surface area is 232 Å². The topological polar surface area (TPSA) is 133 Å². The molecule has 1 aliphatic rings. The Bertz CT molecular complexity index is 1630. The van der Waals surface area contributed by atoms with Crippen LogP contribution in [0, 0.1) is 5.92 Å². The Morgan fingerprint density at radius 1 is 1.17 bits per heavy atom. The van der Waals surface area contributed by atoms with Crippen molar-refractivity contribution < 1.29 is 31.9 Å². The van der Waals surface area contributed by atoms with Crippen molar-refractivity contribution >= 4 is 23.2 Å². The van der Waals surface area contributed by atoms with Crippen LogP contribution in [0.1, 0.15) is 18.7 Å². The number of hydrogen-bond donors (Lipinski definition) is 2. The molecule has 0 aliphatic heterocycles. The number of hydrogen-bond acceptors (Lipinski definition) is 7. The summed E-state index contributed by atoms with van der Waals surface area (Å²) in [5, 5.41) is 21.0. The van der Waals surface area contributed by atoms with Crippen LogP contribution in [0.2, 0.25) is 5.02 Å². The lowest BCUT2D eigenvalue weighted by molar-refractivity contribution is -0.207. The molecular formula is C24H20ClF5N8O3. The van der Waals surface area contributed by atoms with Gasteiger partial charge in [-0.3, -0.25) is 14.3 Å². The Balaban J connectivity index is 1.41. The van der Waals surface area contributed by atoms with Gasteiger partial charge in [-0.05, 0) is 30.3 Å². The molecule has 3 heterocycles. The van der Waals surface area contributed by atoms with Gasteiger partial charge in [-0.15, -0.1) is 10.2 Å². The fraction of sp³-hybridized carbons (Fsp3) is 0.333. The van der Waals surface area contributed by atoms with Crippen LogP contribution in [0.25, 0.3) is 17.1 Å². The van der Waals surface area contributed by atoms with Crippen LogP contribution in [-0.4, -0.2) is 63.3 Å². The average molecular weight is 599 g/mol. The number of benzene rings is 1. The second-order valence-electron chi connectivity index (χ2n) is 9.39. The van der Waals surface area contributed by atoms with Gasteiger partial charge in [-0.2, -0.15) is 13.2 Å². The van der Waals surface area contributed by atoms with Crippen molar-refractivity contribution in [3.05, 3.63) is 70.4 Å². The van der Waals surface area contributed by atoms with Crippen LogP contribution in [0.4, 0.5) is 27.6 Å². The van der Waals surface area contributed by atoms with Crippen LogP contribution in [-0.2, 0) is 17.9 Å². The first-order valence-corrected chi connectivity index (χ1v) is 12.4. The average Bonchev–Trinajstić information content (AvgIpc) is 3.48. The molecule has 1 atom stereocenters. The molecule has 0 unspecified atom stereocenters. The zero-order valence-corrected chi connectivity index (χ0v) is 21.5. The molecule has 1 aromatic carbocycles. The number of aliphatic hydroxyl groups is 1. The maximum Gasteiger partial charge on any atom is 0.416 e. The molecule has 5 rings (SSSR count). The SMILES string of the molecule is O=C(Nc1ccncc1-n1cnc(Cn2nc(-c3ccc(Cl)cc3)n(C[C@H](O)C(F)(F)F)c2=O)n1)C1CC(F)(F)C1. The molecule has 1 amide bonds. The molecule has 2 N–H and O–H groups in total. The number of aromatic nitrogens is 7. The fourth-order valence-corrected chi connectivity index (χ4v) is 4.30. The summed E-state index contributed by atoms with van der Waals surface area (Å²) in [5.41, 5.74) is -0.206. The van der Waals surface area contributed by atoms with E-state index in [1.807, 2.05) is 0 Å². The fourth-order valence-electron chi connectivity index (χ4n) is 4.17. The highest BCUT2D eigenvalue weighted by molar-refractivity contribution is 6.30. The Hall–Kier alpha value is -4.18. The van der Waals surface area contributed by atoms with Gasteiger partial charge in [-0.25, -0.2) is 27.9 Å². The van der Waals surface area contributed by atoms with Crippen molar-refractivity contribution in [2.24, 2.45) is 5.92 Å². The molecule has 0 radical (unpaired) electrons. The molecule has 0 bridgehead atoms. The number of anilines is 1. The van der Waals surface area contributed by atoms with Crippen LogP contribution in [0.15, 0.2) is 53.8 Å². The highest BCUT2D eigenvalue weighted by Gasteiger charge is 2.48. The molecule has 11 nitrogen and oxygen atoms in total. The van der Waals surface area contributed by atoms with E-state index in [2.05, 4.69) is 25.5 Å². The minimum absolute atomic E-state index is 0.0236. The van der Waals surface area contributed by atoms with Gasteiger partial charge in [0, 0.05) is 35.5 Å². The molecule has 3 aromatic heterocycles. The number of pyridine rings is 1. The first kappa shape index (κ1) is 28.4. The molecule has 1 fully saturated rings. The summed E-state index contributed by atoms with van der Waals surface area (Å²) in [4.78, 5) is 33.6. The Morgan fingerprint density at radius 3 is 2.54 bits per heavy atom. The lowest BCUT2D eigenvalue weighted by Gasteiger charge is -2.33. The van der Waals surface area contributed by atoms with Crippen LogP contribution < -0.4 is 11.0 Å². The summed E-state index contributed by atoms with van der Waals surface area (Å²) < 4.78 is 68.4. The summed E-state index contributed by atoms with van der Waals surface area (Å²) in [6.07, 6.45) is -4.93. The molecule has 17 heteroatoms. The normalized spacial score (nSPS) is 15.9. The van der Waals surface area contributed by atoms with E-state index in [1.165, 1.54) is 53.7 Å². The van der Waals surface area contributed by atoms with E-state index in [4.69, 9.17) is 11.6 Å². The monoisotopic (exact) mass is 598 g/mol. The molecule has 1 saturated carbocycles. The number of aliphatic hydroxyl groups excluding tert-OH is 1. The van der Waals surface area contributed by atoms with Gasteiger partial charge in [0.1, 0.15) is 18.6 Å². The van der Waals surface area contributed by atoms with Gasteiger partial charge >= 0.3 is 11.9 Å². The Morgan fingerprint density at radius 2 is 1.88 bits per heavy atom. The minimum Gasteiger partial charge on any atom is -0.382 e. The molecule has 0 spiro atoms. The molecule has 0 saturated heterocycles. The van der Waals surface area contributed by atoms with E-state index in [0.29, 0.717) is 9.59 Å². The van der Waals surface area contributed by atoms with E-state index in [9.17, 15) is 36.6 Å². The molecule has 4 aromatic rings. The number of amides is 1. The predicted molar refractivity (Wildman–Crippen MR) is 134 cm³/mol. The maximum atomic E-state index is 13.2. The van der Waals surface area contributed by atoms with Crippen molar-refractivity contribution in [3.63, 3.8) is 0 Å². The van der Waals surface area contributed by atoms with Crippen molar-refractivity contribution in [3.8, 4) is 17.1 Å². The third-order valence-corrected chi connectivity index (χ3v) is 6.61. The van der Waals surface area contributed by atoms with E-state index in [1.54, 1.807) is 0 Å². The lowest BCUT2D eigenvalue weighted by atomic mass is 9.81. The van der Waals surface area contributed by atoms with Gasteiger partial charge in [0.2, 0.25) is 11.8 Å². The molecular weight excluding hydrogens is 579 g/mol. The molecule has 1 aliphatic carbocycles. The van der Waals surface area contributed by atoms with Crippen LogP contribution in [0.3, 0.4) is 0 Å². The first-order chi connectivity index (χ1) is 19.3. The van der Waals surface area contributed by atoms with Crippen molar-refractivity contribution in [2.45, 2.75) is 44.1 Å². The van der Waals surface area contributed by atoms with Gasteiger partial charge in [0.25, 0.3) is 0 Å². The highest BCUT2D eigenvalue weighted by Crippen LogP contribution is 2.43. The predicted octanol–water partition coefficient (Wildman–Crippen LogP) is 3.30. The highest BCUT2D eigenvalue weighted by atomic mass is 35.5. The van der Waals surface area contributed by atoms with Gasteiger partial charge in [-0.1, -0.05) is 11.6 Å². The van der Waals surface area contributed by atoms with Gasteiger partial charge in [0.05, 0.1) is 18.4 Å². The number of nitrogens with one attached hydrogen (secondary N) is 1. The smallest absolute Gasteiger partial charge is 0.382 e. The van der Waals surface area contributed by atoms with Crippen molar-refractivity contribution in [1.82, 2.24) is 34.1 Å².